The molecule has 0 radical (unpaired) electrons. The van der Waals surface area contributed by atoms with E-state index in [1.165, 1.54) is 116 Å². The fourth-order valence-electron chi connectivity index (χ4n) is 5.43. The minimum atomic E-state index is -0.164. The van der Waals surface area contributed by atoms with Crippen molar-refractivity contribution in [2.24, 2.45) is 0 Å². The Morgan fingerprint density at radius 1 is 0.415 bits per heavy atom. The highest BCUT2D eigenvalue weighted by atomic mass is 16.5. The summed E-state index contributed by atoms with van der Waals surface area (Å²) in [6.07, 6.45) is 27.0. The van der Waals surface area contributed by atoms with Crippen LogP contribution < -0.4 is 0 Å². The molecule has 244 valence electrons. The van der Waals surface area contributed by atoms with E-state index in [0.717, 1.165) is 25.9 Å². The SMILES string of the molecule is CCCCCCCCCCCC[N+](C)(C)CC(=O)OCCCOC(=O)C[N+](C)(C)CCCCCCCCCCCC. The van der Waals surface area contributed by atoms with Gasteiger partial charge in [0.25, 0.3) is 0 Å². The van der Waals surface area contributed by atoms with Gasteiger partial charge in [0.15, 0.2) is 13.1 Å². The molecule has 6 heteroatoms. The van der Waals surface area contributed by atoms with Crippen LogP contribution in [0, 0.1) is 0 Å². The monoisotopic (exact) mass is 585 g/mol. The highest BCUT2D eigenvalue weighted by molar-refractivity contribution is 5.71. The molecular formula is C35H72N2O4+2. The first kappa shape index (κ1) is 39.9. The fourth-order valence-corrected chi connectivity index (χ4v) is 5.43. The summed E-state index contributed by atoms with van der Waals surface area (Å²) in [6.45, 7) is 7.92. The van der Waals surface area contributed by atoms with E-state index in [1.807, 2.05) is 0 Å². The van der Waals surface area contributed by atoms with Gasteiger partial charge < -0.3 is 18.4 Å². The maximum absolute atomic E-state index is 12.3. The minimum absolute atomic E-state index is 0.164. The lowest BCUT2D eigenvalue weighted by Gasteiger charge is -2.28. The molecule has 0 atom stereocenters. The van der Waals surface area contributed by atoms with Gasteiger partial charge in [0, 0.05) is 6.42 Å². The average Bonchev–Trinajstić information content (AvgIpc) is 2.90. The van der Waals surface area contributed by atoms with Crippen LogP contribution in [0.5, 0.6) is 0 Å². The molecule has 0 aromatic carbocycles. The summed E-state index contributed by atoms with van der Waals surface area (Å²) < 4.78 is 12.2. The summed E-state index contributed by atoms with van der Waals surface area (Å²) in [5.74, 6) is -0.328. The Bertz CT molecular complexity index is 569. The molecule has 0 saturated heterocycles. The van der Waals surface area contributed by atoms with Gasteiger partial charge in [-0.3, -0.25) is 0 Å². The lowest BCUT2D eigenvalue weighted by atomic mass is 10.1. The number of likely N-dealkylation sites (N-methyl/N-ethyl adjacent to an activating group) is 2. The Hall–Kier alpha value is -1.14. The molecular weight excluding hydrogens is 512 g/mol. The van der Waals surface area contributed by atoms with Crippen LogP contribution in [0.25, 0.3) is 0 Å². The average molecular weight is 585 g/mol. The van der Waals surface area contributed by atoms with Crippen molar-refractivity contribution in [2.75, 3.05) is 67.6 Å². The summed E-state index contributed by atoms with van der Waals surface area (Å²) >= 11 is 0. The maximum Gasteiger partial charge on any atom is 0.361 e. The number of hydrogen-bond acceptors (Lipinski definition) is 4. The molecule has 0 unspecified atom stereocenters. The minimum Gasteiger partial charge on any atom is -0.461 e. The predicted octanol–water partition coefficient (Wildman–Crippen LogP) is 8.46. The van der Waals surface area contributed by atoms with E-state index in [1.54, 1.807) is 0 Å². The highest BCUT2D eigenvalue weighted by Crippen LogP contribution is 2.13. The third-order valence-corrected chi connectivity index (χ3v) is 8.16. The third kappa shape index (κ3) is 28.7. The summed E-state index contributed by atoms with van der Waals surface area (Å²) in [7, 11) is 8.41. The van der Waals surface area contributed by atoms with Crippen molar-refractivity contribution in [3.05, 3.63) is 0 Å². The third-order valence-electron chi connectivity index (χ3n) is 8.16. The van der Waals surface area contributed by atoms with Gasteiger partial charge in [0.05, 0.1) is 54.5 Å². The van der Waals surface area contributed by atoms with Gasteiger partial charge in [-0.1, -0.05) is 117 Å². The highest BCUT2D eigenvalue weighted by Gasteiger charge is 2.22. The van der Waals surface area contributed by atoms with E-state index in [9.17, 15) is 9.59 Å². The lowest BCUT2D eigenvalue weighted by molar-refractivity contribution is -0.883. The zero-order valence-corrected chi connectivity index (χ0v) is 28.6. The van der Waals surface area contributed by atoms with E-state index in [0.29, 0.717) is 41.7 Å². The molecule has 0 aliphatic rings. The van der Waals surface area contributed by atoms with E-state index < -0.39 is 0 Å². The molecule has 0 aliphatic carbocycles. The molecule has 6 nitrogen and oxygen atoms in total. The van der Waals surface area contributed by atoms with Crippen molar-refractivity contribution < 1.29 is 28.0 Å². The molecule has 0 bridgehead atoms. The predicted molar refractivity (Wildman–Crippen MR) is 174 cm³/mol. The van der Waals surface area contributed by atoms with Crippen molar-refractivity contribution in [2.45, 2.75) is 149 Å². The normalized spacial score (nSPS) is 12.0. The summed E-state index contributed by atoms with van der Waals surface area (Å²) in [4.78, 5) is 24.6. The van der Waals surface area contributed by atoms with Crippen molar-refractivity contribution >= 4 is 11.9 Å². The zero-order chi connectivity index (χ0) is 30.7. The van der Waals surface area contributed by atoms with E-state index >= 15 is 0 Å². The van der Waals surface area contributed by atoms with Gasteiger partial charge in [-0.15, -0.1) is 0 Å². The van der Waals surface area contributed by atoms with Crippen molar-refractivity contribution in [3.63, 3.8) is 0 Å². The van der Waals surface area contributed by atoms with Crippen LogP contribution in [0.1, 0.15) is 149 Å². The summed E-state index contributed by atoms with van der Waals surface area (Å²) in [5.41, 5.74) is 0. The second-order valence-corrected chi connectivity index (χ2v) is 13.8. The number of carbonyl (C=O) groups is 2. The molecule has 0 fully saturated rings. The molecule has 41 heavy (non-hydrogen) atoms. The van der Waals surface area contributed by atoms with Crippen molar-refractivity contribution in [1.82, 2.24) is 0 Å². The Kier molecular flexibility index (Phi) is 25.7. The van der Waals surface area contributed by atoms with Gasteiger partial charge in [0.1, 0.15) is 0 Å². The van der Waals surface area contributed by atoms with Gasteiger partial charge in [0.2, 0.25) is 0 Å². The van der Waals surface area contributed by atoms with Gasteiger partial charge in [-0.05, 0) is 25.7 Å². The number of quaternary nitrogens is 2. The zero-order valence-electron chi connectivity index (χ0n) is 28.6. The van der Waals surface area contributed by atoms with Gasteiger partial charge in [-0.2, -0.15) is 0 Å². The van der Waals surface area contributed by atoms with E-state index in [-0.39, 0.29) is 11.9 Å². The first-order chi connectivity index (χ1) is 19.6. The molecule has 0 heterocycles. The lowest BCUT2D eigenvalue weighted by Crippen LogP contribution is -2.45. The Labute approximate surface area is 256 Å². The number of ether oxygens (including phenoxy) is 2. The fraction of sp³-hybridized carbons (Fsp3) is 0.943. The van der Waals surface area contributed by atoms with Crippen LogP contribution in [-0.4, -0.2) is 88.5 Å². The van der Waals surface area contributed by atoms with Gasteiger partial charge in [-0.25, -0.2) is 9.59 Å². The molecule has 0 spiro atoms. The molecule has 0 amide bonds. The smallest absolute Gasteiger partial charge is 0.361 e. The standard InChI is InChI=1S/C35H72N2O4/c1-7-9-11-13-15-17-19-21-23-25-28-36(3,4)32-34(38)40-30-27-31-41-35(39)33-37(5,6)29-26-24-22-20-18-16-14-12-10-8-2/h7-33H2,1-6H3/q+2. The molecule has 0 aliphatic heterocycles. The second-order valence-electron chi connectivity index (χ2n) is 13.8. The van der Waals surface area contributed by atoms with Crippen LogP contribution in [0.4, 0.5) is 0 Å². The molecule has 0 saturated carbocycles. The topological polar surface area (TPSA) is 52.6 Å². The number of esters is 2. The van der Waals surface area contributed by atoms with Crippen LogP contribution in [0.3, 0.4) is 0 Å². The quantitative estimate of drug-likeness (QED) is 0.0483. The first-order valence-corrected chi connectivity index (χ1v) is 17.6. The van der Waals surface area contributed by atoms with E-state index in [2.05, 4.69) is 42.0 Å². The largest absolute Gasteiger partial charge is 0.461 e. The maximum atomic E-state index is 12.3. The number of hydrogen-bond donors (Lipinski definition) is 0. The van der Waals surface area contributed by atoms with Crippen LogP contribution in [0.2, 0.25) is 0 Å². The van der Waals surface area contributed by atoms with Crippen LogP contribution in [0.15, 0.2) is 0 Å². The first-order valence-electron chi connectivity index (χ1n) is 17.6. The van der Waals surface area contributed by atoms with Crippen LogP contribution in [-0.2, 0) is 19.1 Å². The summed E-state index contributed by atoms with van der Waals surface area (Å²) in [6, 6.07) is 0. The Morgan fingerprint density at radius 3 is 0.976 bits per heavy atom. The second kappa shape index (κ2) is 26.5. The number of rotatable bonds is 30. The molecule has 0 aromatic heterocycles. The van der Waals surface area contributed by atoms with Crippen molar-refractivity contribution in [1.29, 1.82) is 0 Å². The van der Waals surface area contributed by atoms with Crippen molar-refractivity contribution in [3.8, 4) is 0 Å². The molecule has 0 rings (SSSR count). The molecule has 0 N–H and O–H groups in total. The van der Waals surface area contributed by atoms with Gasteiger partial charge >= 0.3 is 11.9 Å². The summed E-state index contributed by atoms with van der Waals surface area (Å²) in [5, 5.41) is 0. The molecule has 0 aromatic rings. The Morgan fingerprint density at radius 2 is 0.683 bits per heavy atom. The Balaban J connectivity index is 3.75. The number of nitrogens with zero attached hydrogens (tertiary/aromatic N) is 2. The number of carbonyl (C=O) groups excluding carboxylic acids is 2. The van der Waals surface area contributed by atoms with E-state index in [4.69, 9.17) is 9.47 Å². The van der Waals surface area contributed by atoms with Crippen LogP contribution >= 0.6 is 0 Å². The number of unbranched alkanes of at least 4 members (excludes halogenated alkanes) is 18.